The summed E-state index contributed by atoms with van der Waals surface area (Å²) in [5, 5.41) is 8.63. The van der Waals surface area contributed by atoms with Gasteiger partial charge < -0.3 is 13.5 Å². The van der Waals surface area contributed by atoms with E-state index >= 15 is 0 Å². The Hall–Kier alpha value is -3.07. The molecule has 0 spiro atoms. The van der Waals surface area contributed by atoms with Crippen molar-refractivity contribution in [1.29, 1.82) is 5.26 Å². The van der Waals surface area contributed by atoms with E-state index in [2.05, 4.69) is 9.73 Å². The minimum absolute atomic E-state index is 0.00631. The van der Waals surface area contributed by atoms with E-state index in [1.807, 2.05) is 0 Å². The molecule has 1 N–H and O–H groups in total. The zero-order valence-electron chi connectivity index (χ0n) is 16.2. The highest BCUT2D eigenvalue weighted by Gasteiger charge is 2.55. The molecule has 4 rings (SSSR count). The van der Waals surface area contributed by atoms with Crippen molar-refractivity contribution in [3.8, 4) is 17.8 Å². The maximum absolute atomic E-state index is 11.9. The second kappa shape index (κ2) is 8.46. The van der Waals surface area contributed by atoms with Crippen LogP contribution in [0.4, 0.5) is 5.69 Å². The van der Waals surface area contributed by atoms with Gasteiger partial charge in [-0.1, -0.05) is 12.1 Å². The second-order valence-electron chi connectivity index (χ2n) is 7.59. The van der Waals surface area contributed by atoms with E-state index in [-0.39, 0.29) is 45.8 Å². The monoisotopic (exact) mass is 475 g/mol. The number of hydrogen-bond acceptors (Lipinski definition) is 9. The van der Waals surface area contributed by atoms with Crippen LogP contribution in [0.15, 0.2) is 46.3 Å². The van der Waals surface area contributed by atoms with E-state index in [4.69, 9.17) is 9.44 Å². The number of nitriles is 1. The van der Waals surface area contributed by atoms with Crippen molar-refractivity contribution in [2.24, 2.45) is 16.8 Å². The third kappa shape index (κ3) is 4.57. The van der Waals surface area contributed by atoms with Crippen molar-refractivity contribution in [3.63, 3.8) is 0 Å². The first-order chi connectivity index (χ1) is 15.2. The summed E-state index contributed by atoms with van der Waals surface area (Å²) in [7, 11) is -4.52. The molecule has 0 heterocycles. The summed E-state index contributed by atoms with van der Waals surface area (Å²) in [6.45, 7) is 0. The van der Waals surface area contributed by atoms with Crippen molar-refractivity contribution in [3.05, 3.63) is 47.5 Å². The summed E-state index contributed by atoms with van der Waals surface area (Å²) >= 11 is -2.81. The fourth-order valence-electron chi connectivity index (χ4n) is 4.35. The normalized spacial score (nSPS) is 24.5. The first-order valence-corrected chi connectivity index (χ1v) is 11.8. The molecule has 2 aromatic rings. The minimum atomic E-state index is -4.52. The topological polar surface area (TPSA) is 166 Å². The lowest BCUT2D eigenvalue weighted by molar-refractivity contribution is 0.437. The Morgan fingerprint density at radius 1 is 1.12 bits per heavy atom. The van der Waals surface area contributed by atoms with E-state index in [9.17, 15) is 26.5 Å². The quantitative estimate of drug-likeness (QED) is 0.198. The average molecular weight is 475 g/mol. The minimum Gasteiger partial charge on any atom is -0.740 e. The largest absolute Gasteiger partial charge is 0.740 e. The Balaban J connectivity index is 1.56. The molecule has 2 fully saturated rings. The van der Waals surface area contributed by atoms with Gasteiger partial charge in [0.05, 0.1) is 5.69 Å². The first kappa shape index (κ1) is 22.1. The zero-order valence-corrected chi connectivity index (χ0v) is 17.8. The first-order valence-electron chi connectivity index (χ1n) is 9.39. The lowest BCUT2D eigenvalue weighted by Crippen LogP contribution is -2.04. The van der Waals surface area contributed by atoms with Gasteiger partial charge in [-0.15, -0.1) is 5.26 Å². The molecule has 0 radical (unpaired) electrons. The predicted octanol–water partition coefficient (Wildman–Crippen LogP) is 2.84. The van der Waals surface area contributed by atoms with E-state index in [1.54, 1.807) is 12.1 Å². The fraction of sp³-hybridized carbons (Fsp3) is 0.300. The van der Waals surface area contributed by atoms with Crippen LogP contribution in [0.25, 0.3) is 0 Å². The maximum Gasteiger partial charge on any atom is 0.294 e. The van der Waals surface area contributed by atoms with Crippen LogP contribution in [0.3, 0.4) is 0 Å². The van der Waals surface area contributed by atoms with Crippen LogP contribution >= 0.6 is 0 Å². The van der Waals surface area contributed by atoms with E-state index < -0.39 is 21.5 Å². The van der Waals surface area contributed by atoms with Crippen LogP contribution in [-0.2, 0) is 26.3 Å². The number of nitrogens with zero attached hydrogens (tertiary/aromatic N) is 2. The van der Waals surface area contributed by atoms with Crippen molar-refractivity contribution in [2.75, 3.05) is 0 Å². The van der Waals surface area contributed by atoms with Gasteiger partial charge in [-0.05, 0) is 59.8 Å². The van der Waals surface area contributed by atoms with Crippen LogP contribution in [-0.4, -0.2) is 27.8 Å². The number of isocyanates is 1. The average Bonchev–Trinajstić information content (AvgIpc) is 3.61. The molecular formula is C20H15N2O8S2-. The van der Waals surface area contributed by atoms with Gasteiger partial charge in [0.25, 0.3) is 16.4 Å². The molecule has 0 saturated heterocycles. The SMILES string of the molecule is N#COc1ccc(C2CC2C2CC2c2ccc(N=C=O)cc2OS(=O)[O-])c(S(=O)(=O)O)c1. The van der Waals surface area contributed by atoms with Gasteiger partial charge in [-0.3, -0.25) is 4.55 Å². The summed E-state index contributed by atoms with van der Waals surface area (Å²) in [6.07, 6.45) is 4.29. The Labute approximate surface area is 185 Å². The molecule has 0 bridgehead atoms. The van der Waals surface area contributed by atoms with Crippen LogP contribution in [0.1, 0.15) is 35.8 Å². The second-order valence-corrected chi connectivity index (χ2v) is 9.56. The predicted molar refractivity (Wildman–Crippen MR) is 108 cm³/mol. The Morgan fingerprint density at radius 3 is 2.38 bits per heavy atom. The number of benzene rings is 2. The summed E-state index contributed by atoms with van der Waals surface area (Å²) in [5.41, 5.74) is 1.31. The Bertz CT molecular complexity index is 1300. The van der Waals surface area contributed by atoms with Crippen LogP contribution in [0, 0.1) is 23.4 Å². The molecule has 2 saturated carbocycles. The molecule has 2 aliphatic carbocycles. The standard InChI is InChI=1S/C20H16N2O8S2/c21-9-29-12-2-4-14(20(6-12)32(26,27)28)16-8-18(16)17-7-15(17)13-3-1-11(22-10-23)5-19(13)30-31(24)25/h1-6,15-18H,7-8H2,(H,24,25)(H,26,27,28)/p-1. The smallest absolute Gasteiger partial charge is 0.294 e. The molecule has 12 heteroatoms. The van der Waals surface area contributed by atoms with Gasteiger partial charge in [0, 0.05) is 12.1 Å². The lowest BCUT2D eigenvalue weighted by Gasteiger charge is -2.13. The molecule has 166 valence electrons. The molecule has 0 amide bonds. The lowest BCUT2D eigenvalue weighted by atomic mass is 10.0. The molecule has 32 heavy (non-hydrogen) atoms. The van der Waals surface area contributed by atoms with Gasteiger partial charge >= 0.3 is 0 Å². The molecule has 2 aliphatic rings. The highest BCUT2D eigenvalue weighted by molar-refractivity contribution is 7.85. The Morgan fingerprint density at radius 2 is 1.78 bits per heavy atom. The third-order valence-corrected chi connectivity index (χ3v) is 7.01. The molecule has 5 unspecified atom stereocenters. The van der Waals surface area contributed by atoms with Gasteiger partial charge in [0.1, 0.15) is 27.8 Å². The van der Waals surface area contributed by atoms with E-state index in [0.29, 0.717) is 17.5 Å². The van der Waals surface area contributed by atoms with Crippen molar-refractivity contribution >= 4 is 33.2 Å². The van der Waals surface area contributed by atoms with Gasteiger partial charge in [-0.2, -0.15) is 13.4 Å². The number of rotatable bonds is 8. The highest BCUT2D eigenvalue weighted by Crippen LogP contribution is 2.66. The van der Waals surface area contributed by atoms with E-state index in [0.717, 1.165) is 12.5 Å². The van der Waals surface area contributed by atoms with Crippen molar-refractivity contribution in [2.45, 2.75) is 29.6 Å². The number of hydrogen-bond donors (Lipinski definition) is 1. The zero-order chi connectivity index (χ0) is 23.0. The van der Waals surface area contributed by atoms with Crippen LogP contribution in [0.2, 0.25) is 0 Å². The third-order valence-electron chi connectivity index (χ3n) is 5.78. The van der Waals surface area contributed by atoms with Gasteiger partial charge in [0.2, 0.25) is 6.08 Å². The molecule has 0 aliphatic heterocycles. The van der Waals surface area contributed by atoms with Crippen molar-refractivity contribution < 1.29 is 35.4 Å². The number of carbonyl (C=O) groups excluding carboxylic acids is 1. The summed E-state index contributed by atoms with van der Waals surface area (Å²) < 4.78 is 65.0. The van der Waals surface area contributed by atoms with Crippen LogP contribution in [0.5, 0.6) is 11.5 Å². The molecule has 10 nitrogen and oxygen atoms in total. The maximum atomic E-state index is 11.9. The number of ether oxygens (including phenoxy) is 1. The molecular weight excluding hydrogens is 460 g/mol. The molecule has 2 aromatic carbocycles. The van der Waals surface area contributed by atoms with Crippen molar-refractivity contribution in [1.82, 2.24) is 0 Å². The van der Waals surface area contributed by atoms with Crippen LogP contribution < -0.4 is 8.92 Å². The van der Waals surface area contributed by atoms with Gasteiger partial charge in [0.15, 0.2) is 0 Å². The van der Waals surface area contributed by atoms with E-state index in [1.165, 1.54) is 30.5 Å². The fourth-order valence-corrected chi connectivity index (χ4v) is 5.42. The Kier molecular flexibility index (Phi) is 5.85. The summed E-state index contributed by atoms with van der Waals surface area (Å²) in [5.74, 6) is 0.254. The highest BCUT2D eigenvalue weighted by atomic mass is 32.2. The summed E-state index contributed by atoms with van der Waals surface area (Å²) in [6, 6.07) is 8.67. The molecule has 5 atom stereocenters. The molecule has 0 aromatic heterocycles. The summed E-state index contributed by atoms with van der Waals surface area (Å²) in [4.78, 5) is 13.7. The van der Waals surface area contributed by atoms with Gasteiger partial charge in [-0.25, -0.2) is 9.00 Å². The number of aliphatic imine (C=N–C) groups is 1.